The van der Waals surface area contributed by atoms with Crippen LogP contribution >= 0.6 is 0 Å². The summed E-state index contributed by atoms with van der Waals surface area (Å²) in [6.07, 6.45) is 6.29. The van der Waals surface area contributed by atoms with Gasteiger partial charge in [0, 0.05) is 13.0 Å². The number of carbonyl (C=O) groups excluding carboxylic acids is 2. The second-order valence-electron chi connectivity index (χ2n) is 3.49. The van der Waals surface area contributed by atoms with E-state index in [1.165, 1.54) is 7.11 Å². The number of hydrogen-bond donors (Lipinski definition) is 1. The molecular weight excluding hydrogens is 210 g/mol. The smallest absolute Gasteiger partial charge is 0.329 e. The topological polar surface area (TPSA) is 64.6 Å². The van der Waals surface area contributed by atoms with Gasteiger partial charge in [-0.3, -0.25) is 4.79 Å². The van der Waals surface area contributed by atoms with E-state index in [1.54, 1.807) is 0 Å². The number of methoxy groups -OCH3 is 1. The molecule has 0 spiro atoms. The van der Waals surface area contributed by atoms with Crippen molar-refractivity contribution in [2.75, 3.05) is 13.7 Å². The van der Waals surface area contributed by atoms with E-state index < -0.39 is 18.1 Å². The van der Waals surface area contributed by atoms with Crippen LogP contribution in [-0.4, -0.2) is 37.7 Å². The maximum absolute atomic E-state index is 11.6. The predicted octanol–water partition coefficient (Wildman–Crippen LogP) is -0.154. The summed E-state index contributed by atoms with van der Waals surface area (Å²) in [5, 5.41) is 2.53. The van der Waals surface area contributed by atoms with E-state index in [0.29, 0.717) is 13.0 Å². The van der Waals surface area contributed by atoms with Gasteiger partial charge in [-0.2, -0.15) is 0 Å². The molecule has 0 bridgehead atoms. The molecule has 1 saturated heterocycles. The van der Waals surface area contributed by atoms with Gasteiger partial charge in [0.25, 0.3) is 0 Å². The highest BCUT2D eigenvalue weighted by Crippen LogP contribution is 2.12. The zero-order valence-corrected chi connectivity index (χ0v) is 9.19. The maximum Gasteiger partial charge on any atom is 0.329 e. The molecule has 0 radical (unpaired) electrons. The van der Waals surface area contributed by atoms with Crippen molar-refractivity contribution in [3.63, 3.8) is 0 Å². The van der Waals surface area contributed by atoms with Crippen LogP contribution < -0.4 is 5.32 Å². The Morgan fingerprint density at radius 1 is 1.69 bits per heavy atom. The number of esters is 1. The summed E-state index contributed by atoms with van der Waals surface area (Å²) in [6, 6.07) is -0.785. The number of ether oxygens (including phenoxy) is 2. The molecule has 1 rings (SSSR count). The van der Waals surface area contributed by atoms with E-state index in [-0.39, 0.29) is 12.3 Å². The van der Waals surface area contributed by atoms with Crippen molar-refractivity contribution in [3.05, 3.63) is 0 Å². The molecule has 88 valence electrons. The lowest BCUT2D eigenvalue weighted by atomic mass is 10.2. The number of terminal acetylenes is 1. The van der Waals surface area contributed by atoms with Crippen LogP contribution in [0.25, 0.3) is 0 Å². The number of nitrogens with one attached hydrogen (secondary N) is 1. The average molecular weight is 225 g/mol. The Morgan fingerprint density at radius 3 is 2.94 bits per heavy atom. The highest BCUT2D eigenvalue weighted by Gasteiger charge is 2.28. The molecule has 1 fully saturated rings. The molecule has 16 heavy (non-hydrogen) atoms. The zero-order valence-electron chi connectivity index (χ0n) is 9.19. The fourth-order valence-corrected chi connectivity index (χ4v) is 1.50. The second-order valence-corrected chi connectivity index (χ2v) is 3.49. The number of hydrogen-bond acceptors (Lipinski definition) is 4. The van der Waals surface area contributed by atoms with E-state index in [2.05, 4.69) is 16.0 Å². The number of amides is 1. The Balaban J connectivity index is 2.50. The van der Waals surface area contributed by atoms with E-state index in [4.69, 9.17) is 11.2 Å². The molecule has 0 aromatic heterocycles. The largest absolute Gasteiger partial charge is 0.467 e. The molecule has 0 aromatic carbocycles. The number of carbonyl (C=O) groups is 2. The third kappa shape index (κ3) is 3.24. The summed E-state index contributed by atoms with van der Waals surface area (Å²) < 4.78 is 9.73. The van der Waals surface area contributed by atoms with E-state index in [0.717, 1.165) is 6.42 Å². The van der Waals surface area contributed by atoms with Gasteiger partial charge < -0.3 is 14.8 Å². The normalized spacial score (nSPS) is 20.9. The van der Waals surface area contributed by atoms with Crippen LogP contribution in [0.2, 0.25) is 0 Å². The summed E-state index contributed by atoms with van der Waals surface area (Å²) in [5.74, 6) is 1.48. The highest BCUT2D eigenvalue weighted by molar-refractivity contribution is 5.87. The van der Waals surface area contributed by atoms with Crippen molar-refractivity contribution in [3.8, 4) is 12.3 Å². The minimum atomic E-state index is -0.785. The molecular formula is C11H15NO4. The van der Waals surface area contributed by atoms with Gasteiger partial charge in [0.05, 0.1) is 7.11 Å². The minimum Gasteiger partial charge on any atom is -0.467 e. The van der Waals surface area contributed by atoms with Crippen molar-refractivity contribution in [1.82, 2.24) is 5.32 Å². The fourth-order valence-electron chi connectivity index (χ4n) is 1.50. The highest BCUT2D eigenvalue weighted by atomic mass is 16.5. The summed E-state index contributed by atoms with van der Waals surface area (Å²) >= 11 is 0. The van der Waals surface area contributed by atoms with Gasteiger partial charge in [-0.05, 0) is 12.8 Å². The Hall–Kier alpha value is -1.54. The van der Waals surface area contributed by atoms with Gasteiger partial charge in [-0.1, -0.05) is 0 Å². The monoisotopic (exact) mass is 225 g/mol. The summed E-state index contributed by atoms with van der Waals surface area (Å²) in [4.78, 5) is 22.9. The molecule has 5 heteroatoms. The van der Waals surface area contributed by atoms with Crippen LogP contribution in [0.4, 0.5) is 0 Å². The van der Waals surface area contributed by atoms with Crippen LogP contribution in [0.3, 0.4) is 0 Å². The molecule has 0 aromatic rings. The predicted molar refractivity (Wildman–Crippen MR) is 56.4 cm³/mol. The van der Waals surface area contributed by atoms with Crippen molar-refractivity contribution in [1.29, 1.82) is 0 Å². The molecule has 1 aliphatic rings. The van der Waals surface area contributed by atoms with Crippen molar-refractivity contribution >= 4 is 11.9 Å². The quantitative estimate of drug-likeness (QED) is 0.533. The average Bonchev–Trinajstić information content (AvgIpc) is 2.80. The van der Waals surface area contributed by atoms with Crippen molar-refractivity contribution in [2.24, 2.45) is 0 Å². The second kappa shape index (κ2) is 6.13. The lowest BCUT2D eigenvalue weighted by molar-refractivity contribution is -0.146. The summed E-state index contributed by atoms with van der Waals surface area (Å²) in [6.45, 7) is 0.579. The van der Waals surface area contributed by atoms with Gasteiger partial charge >= 0.3 is 5.97 Å². The van der Waals surface area contributed by atoms with Gasteiger partial charge in [0.2, 0.25) is 5.91 Å². The third-order valence-corrected chi connectivity index (χ3v) is 2.35. The molecule has 5 nitrogen and oxygen atoms in total. The zero-order chi connectivity index (χ0) is 12.0. The van der Waals surface area contributed by atoms with Gasteiger partial charge in [-0.15, -0.1) is 12.3 Å². The van der Waals surface area contributed by atoms with E-state index in [9.17, 15) is 9.59 Å². The fraction of sp³-hybridized carbons (Fsp3) is 0.636. The van der Waals surface area contributed by atoms with Crippen LogP contribution in [0.5, 0.6) is 0 Å². The van der Waals surface area contributed by atoms with Crippen LogP contribution in [0, 0.1) is 12.3 Å². The van der Waals surface area contributed by atoms with Crippen molar-refractivity contribution in [2.45, 2.75) is 31.4 Å². The van der Waals surface area contributed by atoms with Gasteiger partial charge in [0.1, 0.15) is 12.1 Å². The van der Waals surface area contributed by atoms with Gasteiger partial charge in [0.15, 0.2) is 0 Å². The van der Waals surface area contributed by atoms with Crippen LogP contribution in [-0.2, 0) is 19.1 Å². The van der Waals surface area contributed by atoms with Gasteiger partial charge in [-0.25, -0.2) is 4.79 Å². The maximum atomic E-state index is 11.6. The molecule has 1 amide bonds. The summed E-state index contributed by atoms with van der Waals surface area (Å²) in [5.41, 5.74) is 0. The van der Waals surface area contributed by atoms with Crippen LogP contribution in [0.1, 0.15) is 19.3 Å². The Bertz CT molecular complexity index is 302. The lowest BCUT2D eigenvalue weighted by Crippen LogP contribution is -2.45. The molecule has 2 atom stereocenters. The molecule has 1 aliphatic heterocycles. The standard InChI is InChI=1S/C11H15NO4/c1-3-5-8(11(14)15-2)12-10(13)9-6-4-7-16-9/h1,8-9H,4-7H2,2H3,(H,12,13)/t8-,9+/m0/s1. The molecule has 0 saturated carbocycles. The molecule has 1 N–H and O–H groups in total. The molecule has 0 aliphatic carbocycles. The lowest BCUT2D eigenvalue weighted by Gasteiger charge is -2.16. The molecule has 1 heterocycles. The summed E-state index contributed by atoms with van der Waals surface area (Å²) in [7, 11) is 1.25. The first kappa shape index (κ1) is 12.5. The number of rotatable bonds is 4. The Kier molecular flexibility index (Phi) is 4.80. The first-order valence-electron chi connectivity index (χ1n) is 5.12. The molecule has 0 unspecified atom stereocenters. The van der Waals surface area contributed by atoms with E-state index in [1.807, 2.05) is 0 Å². The minimum absolute atomic E-state index is 0.116. The van der Waals surface area contributed by atoms with Crippen LogP contribution in [0.15, 0.2) is 0 Å². The Morgan fingerprint density at radius 2 is 2.44 bits per heavy atom. The Labute approximate surface area is 94.5 Å². The third-order valence-electron chi connectivity index (χ3n) is 2.35. The first-order chi connectivity index (χ1) is 7.69. The van der Waals surface area contributed by atoms with Crippen molar-refractivity contribution < 1.29 is 19.1 Å². The first-order valence-corrected chi connectivity index (χ1v) is 5.12. The SMILES string of the molecule is C#CC[C@H](NC(=O)[C@H]1CCCO1)C(=O)OC. The van der Waals surface area contributed by atoms with E-state index >= 15 is 0 Å².